The van der Waals surface area contributed by atoms with Crippen LogP contribution >= 0.6 is 0 Å². The second-order valence-electron chi connectivity index (χ2n) is 3.54. The summed E-state index contributed by atoms with van der Waals surface area (Å²) in [5.74, 6) is -1.59. The Labute approximate surface area is 88.2 Å². The third-order valence-electron chi connectivity index (χ3n) is 2.11. The van der Waals surface area contributed by atoms with E-state index in [9.17, 15) is 13.2 Å². The molecule has 0 heterocycles. The second kappa shape index (κ2) is 4.59. The van der Waals surface area contributed by atoms with E-state index in [0.717, 1.165) is 17.1 Å². The summed E-state index contributed by atoms with van der Waals surface area (Å²) in [4.78, 5) is 10.5. The van der Waals surface area contributed by atoms with Crippen molar-refractivity contribution in [3.8, 4) is 6.07 Å². The maximum Gasteiger partial charge on any atom is 0.318 e. The van der Waals surface area contributed by atoms with E-state index in [2.05, 4.69) is 0 Å². The van der Waals surface area contributed by atoms with Gasteiger partial charge < -0.3 is 5.11 Å². The highest BCUT2D eigenvalue weighted by Crippen LogP contribution is 2.30. The normalized spacial score (nSPS) is 16.3. The second-order valence-corrected chi connectivity index (χ2v) is 5.51. The van der Waals surface area contributed by atoms with Gasteiger partial charge in [-0.2, -0.15) is 9.57 Å². The Hall–Kier alpha value is -1.13. The van der Waals surface area contributed by atoms with Crippen molar-refractivity contribution < 1.29 is 18.3 Å². The number of carboxylic acids is 1. The molecule has 1 fully saturated rings. The first-order valence-electron chi connectivity index (χ1n) is 4.52. The molecule has 0 unspecified atom stereocenters. The summed E-state index contributed by atoms with van der Waals surface area (Å²) in [6.45, 7) is -0.336. The first-order valence-corrected chi connectivity index (χ1v) is 6.13. The van der Waals surface area contributed by atoms with Crippen molar-refractivity contribution in [2.45, 2.75) is 12.8 Å². The molecule has 0 spiro atoms. The van der Waals surface area contributed by atoms with Gasteiger partial charge in [0, 0.05) is 6.54 Å². The quantitative estimate of drug-likeness (QED) is 0.674. The maximum atomic E-state index is 11.5. The van der Waals surface area contributed by atoms with Crippen LogP contribution in [-0.2, 0) is 14.8 Å². The third kappa shape index (κ3) is 3.85. The molecule has 1 N–H and O–H groups in total. The Morgan fingerprint density at radius 1 is 1.53 bits per heavy atom. The fraction of sp³-hybridized carbons (Fsp3) is 0.750. The lowest BCUT2D eigenvalue weighted by Gasteiger charge is -2.18. The van der Waals surface area contributed by atoms with E-state index in [1.807, 2.05) is 0 Å². The summed E-state index contributed by atoms with van der Waals surface area (Å²) >= 11 is 0. The predicted octanol–water partition coefficient (Wildman–Crippen LogP) is -0.364. The topological polar surface area (TPSA) is 98.5 Å². The number of hydrogen-bond donors (Lipinski definition) is 1. The van der Waals surface area contributed by atoms with Gasteiger partial charge in [-0.15, -0.1) is 0 Å². The molecule has 1 aliphatic carbocycles. The van der Waals surface area contributed by atoms with E-state index in [1.165, 1.54) is 6.07 Å². The van der Waals surface area contributed by atoms with Crippen molar-refractivity contribution in [1.29, 1.82) is 5.26 Å². The fourth-order valence-corrected chi connectivity index (χ4v) is 2.28. The van der Waals surface area contributed by atoms with Crippen molar-refractivity contribution in [1.82, 2.24) is 4.31 Å². The average molecular weight is 232 g/mol. The molecule has 0 aromatic heterocycles. The summed E-state index contributed by atoms with van der Waals surface area (Å²) in [7, 11) is -3.73. The lowest BCUT2D eigenvalue weighted by Crippen LogP contribution is -2.38. The zero-order valence-corrected chi connectivity index (χ0v) is 8.90. The molecular weight excluding hydrogens is 220 g/mol. The van der Waals surface area contributed by atoms with E-state index in [4.69, 9.17) is 10.4 Å². The summed E-state index contributed by atoms with van der Waals surface area (Å²) in [6.07, 6.45) is 1.86. The SMILES string of the molecule is N#CCS(=O)(=O)N(CC(=O)O)CC1CC1. The first kappa shape index (κ1) is 11.9. The molecule has 0 aliphatic heterocycles. The van der Waals surface area contributed by atoms with Gasteiger partial charge in [0.15, 0.2) is 5.75 Å². The number of nitrogens with zero attached hydrogens (tertiary/aromatic N) is 2. The van der Waals surface area contributed by atoms with Gasteiger partial charge in [-0.1, -0.05) is 0 Å². The van der Waals surface area contributed by atoms with Crippen LogP contribution in [0.25, 0.3) is 0 Å². The van der Waals surface area contributed by atoms with Crippen LogP contribution in [0, 0.1) is 17.2 Å². The van der Waals surface area contributed by atoms with Crippen molar-refractivity contribution in [2.24, 2.45) is 5.92 Å². The van der Waals surface area contributed by atoms with Crippen LogP contribution in [0.3, 0.4) is 0 Å². The number of carbonyl (C=O) groups is 1. The number of aliphatic carboxylic acids is 1. The minimum Gasteiger partial charge on any atom is -0.480 e. The number of carboxylic acid groups (broad SMARTS) is 1. The largest absolute Gasteiger partial charge is 0.480 e. The first-order chi connectivity index (χ1) is 6.95. The highest BCUT2D eigenvalue weighted by Gasteiger charge is 2.31. The number of nitriles is 1. The standard InChI is InChI=1S/C8H12N2O4S/c9-3-4-15(13,14)10(6-8(11)12)5-7-1-2-7/h7H,1-2,4-6H2,(H,11,12). The molecule has 0 amide bonds. The molecule has 0 saturated heterocycles. The van der Waals surface area contributed by atoms with Gasteiger partial charge in [0.2, 0.25) is 10.0 Å². The van der Waals surface area contributed by atoms with Gasteiger partial charge in [0.1, 0.15) is 6.54 Å². The van der Waals surface area contributed by atoms with Gasteiger partial charge in [-0.3, -0.25) is 4.79 Å². The fourth-order valence-electron chi connectivity index (χ4n) is 1.19. The molecule has 1 aliphatic rings. The van der Waals surface area contributed by atoms with Crippen LogP contribution in [0.2, 0.25) is 0 Å². The molecule has 6 nitrogen and oxygen atoms in total. The highest BCUT2D eigenvalue weighted by atomic mass is 32.2. The Bertz CT molecular complexity index is 380. The monoisotopic (exact) mass is 232 g/mol. The van der Waals surface area contributed by atoms with E-state index < -0.39 is 28.3 Å². The number of sulfonamides is 1. The van der Waals surface area contributed by atoms with E-state index >= 15 is 0 Å². The predicted molar refractivity (Wildman–Crippen MR) is 51.3 cm³/mol. The Morgan fingerprint density at radius 3 is 2.53 bits per heavy atom. The Kier molecular flexibility index (Phi) is 3.66. The summed E-state index contributed by atoms with van der Waals surface area (Å²) in [6, 6.07) is 1.53. The molecule has 0 aromatic rings. The molecule has 1 rings (SSSR count). The van der Waals surface area contributed by atoms with Gasteiger partial charge in [0.05, 0.1) is 6.07 Å². The molecule has 0 radical (unpaired) electrons. The van der Waals surface area contributed by atoms with E-state index in [-0.39, 0.29) is 12.5 Å². The highest BCUT2D eigenvalue weighted by molar-refractivity contribution is 7.89. The molecule has 0 bridgehead atoms. The van der Waals surface area contributed by atoms with Crippen LogP contribution < -0.4 is 0 Å². The van der Waals surface area contributed by atoms with Gasteiger partial charge >= 0.3 is 5.97 Å². The van der Waals surface area contributed by atoms with Crippen LogP contribution in [0.1, 0.15) is 12.8 Å². The van der Waals surface area contributed by atoms with Crippen molar-refractivity contribution >= 4 is 16.0 Å². The van der Waals surface area contributed by atoms with Gasteiger partial charge in [-0.25, -0.2) is 8.42 Å². The molecule has 0 aromatic carbocycles. The zero-order chi connectivity index (χ0) is 11.5. The zero-order valence-electron chi connectivity index (χ0n) is 8.09. The maximum absolute atomic E-state index is 11.5. The lowest BCUT2D eigenvalue weighted by atomic mass is 10.4. The van der Waals surface area contributed by atoms with E-state index in [0.29, 0.717) is 0 Å². The van der Waals surface area contributed by atoms with Gasteiger partial charge in [-0.05, 0) is 18.8 Å². The minimum atomic E-state index is -3.73. The molecule has 15 heavy (non-hydrogen) atoms. The number of rotatable bonds is 6. The van der Waals surface area contributed by atoms with Crippen LogP contribution in [0.5, 0.6) is 0 Å². The summed E-state index contributed by atoms with van der Waals surface area (Å²) in [5.41, 5.74) is 0. The Balaban J connectivity index is 2.69. The summed E-state index contributed by atoms with van der Waals surface area (Å²) in [5, 5.41) is 16.9. The van der Waals surface area contributed by atoms with Crippen LogP contribution in [-0.4, -0.2) is 42.6 Å². The molecule has 7 heteroatoms. The molecule has 1 saturated carbocycles. The Morgan fingerprint density at radius 2 is 2.13 bits per heavy atom. The molecule has 0 atom stereocenters. The van der Waals surface area contributed by atoms with Crippen molar-refractivity contribution in [3.05, 3.63) is 0 Å². The molecular formula is C8H12N2O4S. The third-order valence-corrected chi connectivity index (χ3v) is 3.67. The smallest absolute Gasteiger partial charge is 0.318 e. The van der Waals surface area contributed by atoms with Gasteiger partial charge in [0.25, 0.3) is 0 Å². The van der Waals surface area contributed by atoms with Crippen LogP contribution in [0.15, 0.2) is 0 Å². The summed E-state index contributed by atoms with van der Waals surface area (Å²) < 4.78 is 23.8. The average Bonchev–Trinajstić information content (AvgIpc) is 2.86. The van der Waals surface area contributed by atoms with E-state index in [1.54, 1.807) is 0 Å². The lowest BCUT2D eigenvalue weighted by molar-refractivity contribution is -0.137. The molecule has 84 valence electrons. The number of hydrogen-bond acceptors (Lipinski definition) is 4. The van der Waals surface area contributed by atoms with Crippen LogP contribution in [0.4, 0.5) is 0 Å². The minimum absolute atomic E-state index is 0.219. The van der Waals surface area contributed by atoms with Crippen molar-refractivity contribution in [2.75, 3.05) is 18.8 Å². The van der Waals surface area contributed by atoms with Crippen molar-refractivity contribution in [3.63, 3.8) is 0 Å².